The fourth-order valence-corrected chi connectivity index (χ4v) is 3.28. The molecule has 1 aliphatic heterocycles. The van der Waals surface area contributed by atoms with Crippen molar-refractivity contribution in [3.8, 4) is 0 Å². The van der Waals surface area contributed by atoms with Crippen LogP contribution in [-0.2, 0) is 14.3 Å². The van der Waals surface area contributed by atoms with Gasteiger partial charge in [-0.1, -0.05) is 0 Å². The van der Waals surface area contributed by atoms with Crippen LogP contribution in [0.15, 0.2) is 17.2 Å². The number of aromatic amines is 1. The number of nitrogens with one attached hydrogen (secondary N) is 3. The van der Waals surface area contributed by atoms with Crippen LogP contribution >= 0.6 is 0 Å². The Kier molecular flexibility index (Phi) is 8.08. The summed E-state index contributed by atoms with van der Waals surface area (Å²) in [6.07, 6.45) is 3.73. The summed E-state index contributed by atoms with van der Waals surface area (Å²) in [5.41, 5.74) is -0.455. The highest BCUT2D eigenvalue weighted by Gasteiger charge is 2.38. The summed E-state index contributed by atoms with van der Waals surface area (Å²) in [5, 5.41) is 22.7. The lowest BCUT2D eigenvalue weighted by atomic mass is 10.0. The summed E-state index contributed by atoms with van der Waals surface area (Å²) < 4.78 is 5.27. The Morgan fingerprint density at radius 2 is 1.89 bits per heavy atom. The van der Waals surface area contributed by atoms with Crippen LogP contribution in [-0.4, -0.2) is 69.9 Å². The first-order valence-corrected chi connectivity index (χ1v) is 8.93. The van der Waals surface area contributed by atoms with E-state index in [0.29, 0.717) is 26.1 Å². The molecule has 5 N–H and O–H groups in total. The topological polar surface area (TPSA) is 171 Å². The zero-order valence-corrected chi connectivity index (χ0v) is 15.2. The van der Waals surface area contributed by atoms with Crippen molar-refractivity contribution in [2.75, 3.05) is 13.2 Å². The number of amides is 2. The number of carbonyl (C=O) groups is 3. The lowest BCUT2D eigenvalue weighted by Crippen LogP contribution is -2.42. The minimum absolute atomic E-state index is 0.0230. The summed E-state index contributed by atoms with van der Waals surface area (Å²) in [7, 11) is 0. The minimum Gasteiger partial charge on any atom is -0.483 e. The number of nitrogens with zero attached hydrogens (tertiary/aromatic N) is 1. The van der Waals surface area contributed by atoms with Gasteiger partial charge in [0.1, 0.15) is 5.69 Å². The second kappa shape index (κ2) is 10.5. The monoisotopic (exact) mass is 396 g/mol. The van der Waals surface area contributed by atoms with Gasteiger partial charge in [0.25, 0.3) is 17.9 Å². The van der Waals surface area contributed by atoms with E-state index >= 15 is 0 Å². The van der Waals surface area contributed by atoms with Crippen molar-refractivity contribution < 1.29 is 29.3 Å². The van der Waals surface area contributed by atoms with E-state index in [0.717, 1.165) is 19.0 Å². The maximum atomic E-state index is 12.4. The van der Waals surface area contributed by atoms with E-state index < -0.39 is 23.6 Å². The lowest BCUT2D eigenvalue weighted by molar-refractivity contribution is -0.126. The van der Waals surface area contributed by atoms with E-state index in [9.17, 15) is 19.5 Å². The largest absolute Gasteiger partial charge is 0.483 e. The normalized spacial score (nSPS) is 24.5. The molecule has 28 heavy (non-hydrogen) atoms. The Hall–Kier alpha value is -2.79. The molecule has 2 heterocycles. The summed E-state index contributed by atoms with van der Waals surface area (Å²) in [6, 6.07) is -0.436. The zero-order chi connectivity index (χ0) is 20.5. The SMILES string of the molecule is O=C(N[C@@H]1C[C@H](C(=O)NC2CCOCC2)C[C@H]1O)c1cncc(=O)[nH]1.O=CO. The molecule has 2 fully saturated rings. The van der Waals surface area contributed by atoms with Gasteiger partial charge in [-0.3, -0.25) is 24.2 Å². The van der Waals surface area contributed by atoms with Crippen molar-refractivity contribution in [1.82, 2.24) is 20.6 Å². The van der Waals surface area contributed by atoms with Gasteiger partial charge in [-0.25, -0.2) is 0 Å². The Balaban J connectivity index is 0.000000878. The molecule has 11 heteroatoms. The molecule has 1 aromatic rings. The van der Waals surface area contributed by atoms with Gasteiger partial charge < -0.3 is 30.6 Å². The summed E-state index contributed by atoms with van der Waals surface area (Å²) in [5.74, 6) is -0.978. The molecule has 3 atom stereocenters. The second-order valence-electron chi connectivity index (χ2n) is 6.63. The highest BCUT2D eigenvalue weighted by molar-refractivity contribution is 5.92. The molecule has 3 rings (SSSR count). The number of rotatable bonds is 4. The second-order valence-corrected chi connectivity index (χ2v) is 6.63. The van der Waals surface area contributed by atoms with Gasteiger partial charge in [0.15, 0.2) is 0 Å². The Labute approximate surface area is 160 Å². The van der Waals surface area contributed by atoms with Gasteiger partial charge in [-0.15, -0.1) is 0 Å². The molecule has 0 bridgehead atoms. The van der Waals surface area contributed by atoms with Crippen molar-refractivity contribution in [2.45, 2.75) is 43.9 Å². The van der Waals surface area contributed by atoms with Crippen molar-refractivity contribution in [3.63, 3.8) is 0 Å². The summed E-state index contributed by atoms with van der Waals surface area (Å²) >= 11 is 0. The predicted molar refractivity (Wildman–Crippen MR) is 95.5 cm³/mol. The number of hydrogen-bond acceptors (Lipinski definition) is 7. The van der Waals surface area contributed by atoms with E-state index in [4.69, 9.17) is 14.6 Å². The van der Waals surface area contributed by atoms with Crippen LogP contribution in [0.25, 0.3) is 0 Å². The average Bonchev–Trinajstić information content (AvgIpc) is 3.04. The maximum absolute atomic E-state index is 12.4. The van der Waals surface area contributed by atoms with Crippen molar-refractivity contribution in [1.29, 1.82) is 0 Å². The van der Waals surface area contributed by atoms with E-state index in [1.54, 1.807) is 0 Å². The molecule has 1 saturated heterocycles. The number of carbonyl (C=O) groups excluding carboxylic acids is 2. The Morgan fingerprint density at radius 1 is 1.21 bits per heavy atom. The van der Waals surface area contributed by atoms with Crippen LogP contribution in [0.2, 0.25) is 0 Å². The fraction of sp³-hybridized carbons (Fsp3) is 0.588. The minimum atomic E-state index is -0.808. The predicted octanol–water partition coefficient (Wildman–Crippen LogP) is -1.36. The van der Waals surface area contributed by atoms with Gasteiger partial charge in [0.2, 0.25) is 5.91 Å². The molecule has 2 amide bonds. The number of H-pyrrole nitrogens is 1. The van der Waals surface area contributed by atoms with Crippen molar-refractivity contribution >= 4 is 18.3 Å². The highest BCUT2D eigenvalue weighted by atomic mass is 16.5. The summed E-state index contributed by atoms with van der Waals surface area (Å²) in [6.45, 7) is 1.03. The average molecular weight is 396 g/mol. The van der Waals surface area contributed by atoms with E-state index in [1.165, 1.54) is 6.20 Å². The van der Waals surface area contributed by atoms with Crippen LogP contribution < -0.4 is 16.2 Å². The maximum Gasteiger partial charge on any atom is 0.290 e. The third-order valence-electron chi connectivity index (χ3n) is 4.68. The first-order chi connectivity index (χ1) is 13.4. The third kappa shape index (κ3) is 6.13. The smallest absolute Gasteiger partial charge is 0.290 e. The molecule has 1 saturated carbocycles. The van der Waals surface area contributed by atoms with Crippen LogP contribution in [0, 0.1) is 5.92 Å². The van der Waals surface area contributed by atoms with Crippen LogP contribution in [0.3, 0.4) is 0 Å². The van der Waals surface area contributed by atoms with Crippen LogP contribution in [0.4, 0.5) is 0 Å². The molecule has 0 spiro atoms. The Bertz CT molecular complexity index is 732. The molecule has 1 aliphatic carbocycles. The van der Waals surface area contributed by atoms with Gasteiger partial charge in [0.05, 0.1) is 24.5 Å². The van der Waals surface area contributed by atoms with Crippen molar-refractivity contribution in [2.24, 2.45) is 5.92 Å². The molecule has 2 aliphatic rings. The molecular formula is C17H24N4O7. The standard InChI is InChI=1S/C16H22N4O5.CH2O2/c21-13-6-9(15(23)18-10-1-3-25-4-2-10)5-11(13)20-16(24)12-7-17-8-14(22)19-12;2-1-3/h7-11,13,21H,1-6H2,(H,18,23)(H,19,22)(H,20,24);1H,(H,2,3)/t9-,11+,13+;/m0./s1. The fourth-order valence-electron chi connectivity index (χ4n) is 3.28. The van der Waals surface area contributed by atoms with Gasteiger partial charge in [0, 0.05) is 25.2 Å². The first-order valence-electron chi connectivity index (χ1n) is 8.93. The van der Waals surface area contributed by atoms with E-state index in [1.807, 2.05) is 0 Å². The third-order valence-corrected chi connectivity index (χ3v) is 4.68. The molecule has 0 unspecified atom stereocenters. The molecule has 11 nitrogen and oxygen atoms in total. The molecule has 154 valence electrons. The molecule has 0 aromatic carbocycles. The highest BCUT2D eigenvalue weighted by Crippen LogP contribution is 2.27. The van der Waals surface area contributed by atoms with Crippen LogP contribution in [0.5, 0.6) is 0 Å². The number of aliphatic hydroxyl groups excluding tert-OH is 1. The molecular weight excluding hydrogens is 372 g/mol. The number of aliphatic hydroxyl groups is 1. The summed E-state index contributed by atoms with van der Waals surface area (Å²) in [4.78, 5) is 50.1. The molecule has 0 radical (unpaired) electrons. The number of ether oxygens (including phenoxy) is 1. The number of carboxylic acid groups (broad SMARTS) is 1. The zero-order valence-electron chi connectivity index (χ0n) is 15.2. The van der Waals surface area contributed by atoms with Gasteiger partial charge in [-0.2, -0.15) is 0 Å². The molecule has 1 aromatic heterocycles. The number of aromatic nitrogens is 2. The number of hydrogen-bond donors (Lipinski definition) is 5. The van der Waals surface area contributed by atoms with Gasteiger partial charge in [-0.05, 0) is 25.7 Å². The van der Waals surface area contributed by atoms with Gasteiger partial charge >= 0.3 is 0 Å². The van der Waals surface area contributed by atoms with E-state index in [2.05, 4.69) is 20.6 Å². The first kappa shape index (κ1) is 21.5. The van der Waals surface area contributed by atoms with Crippen LogP contribution in [0.1, 0.15) is 36.2 Å². The van der Waals surface area contributed by atoms with Crippen molar-refractivity contribution in [3.05, 3.63) is 28.4 Å². The van der Waals surface area contributed by atoms with E-state index in [-0.39, 0.29) is 30.0 Å². The Morgan fingerprint density at radius 3 is 2.54 bits per heavy atom. The quantitative estimate of drug-likeness (QED) is 0.388. The lowest BCUT2D eigenvalue weighted by Gasteiger charge is -2.24.